The molecule has 0 unspecified atom stereocenters. The molecule has 3 heterocycles. The molecule has 0 aliphatic carbocycles. The standard InChI is InChI=1S/C21H16N4O3S/c26-19(24-18-9-8-15(12-22-18)14-5-2-1-3-6-14)11-16-13-29-21(23-16)25-20(27)17-7-4-10-28-17/h1-10,12-13H,11H2,(H,22,24,26)(H,23,25,27). The van der Waals surface area contributed by atoms with Crippen LogP contribution in [0.3, 0.4) is 0 Å². The topological polar surface area (TPSA) is 97.1 Å². The molecule has 0 spiro atoms. The van der Waals surface area contributed by atoms with E-state index in [9.17, 15) is 9.59 Å². The number of carbonyl (C=O) groups is 2. The SMILES string of the molecule is O=C(Cc1csc(NC(=O)c2ccco2)n1)Nc1ccc(-c2ccccc2)cn1. The molecular formula is C21H16N4O3S. The molecule has 7 nitrogen and oxygen atoms in total. The van der Waals surface area contributed by atoms with Gasteiger partial charge in [0.15, 0.2) is 10.9 Å². The van der Waals surface area contributed by atoms with Crippen molar-refractivity contribution in [2.24, 2.45) is 0 Å². The molecule has 0 radical (unpaired) electrons. The number of rotatable bonds is 6. The molecule has 0 atom stereocenters. The Bertz CT molecular complexity index is 1110. The third-order valence-corrected chi connectivity index (χ3v) is 4.80. The van der Waals surface area contributed by atoms with E-state index in [0.29, 0.717) is 16.6 Å². The summed E-state index contributed by atoms with van der Waals surface area (Å²) in [7, 11) is 0. The molecule has 2 N–H and O–H groups in total. The van der Waals surface area contributed by atoms with Crippen molar-refractivity contribution in [1.82, 2.24) is 9.97 Å². The largest absolute Gasteiger partial charge is 0.459 e. The van der Waals surface area contributed by atoms with Gasteiger partial charge in [0.05, 0.1) is 18.4 Å². The van der Waals surface area contributed by atoms with Gasteiger partial charge in [0.1, 0.15) is 5.82 Å². The van der Waals surface area contributed by atoms with Gasteiger partial charge in [-0.2, -0.15) is 0 Å². The van der Waals surface area contributed by atoms with Crippen molar-refractivity contribution >= 4 is 34.1 Å². The Morgan fingerprint density at radius 3 is 2.55 bits per heavy atom. The fraction of sp³-hybridized carbons (Fsp3) is 0.0476. The molecule has 144 valence electrons. The number of nitrogens with zero attached hydrogens (tertiary/aromatic N) is 2. The number of amides is 2. The highest BCUT2D eigenvalue weighted by atomic mass is 32.1. The normalized spacial score (nSPS) is 10.5. The van der Waals surface area contributed by atoms with Gasteiger partial charge in [0.25, 0.3) is 5.91 Å². The highest BCUT2D eigenvalue weighted by molar-refractivity contribution is 7.14. The molecule has 8 heteroatoms. The van der Waals surface area contributed by atoms with Crippen LogP contribution in [-0.4, -0.2) is 21.8 Å². The van der Waals surface area contributed by atoms with E-state index in [0.717, 1.165) is 11.1 Å². The first kappa shape index (κ1) is 18.6. The minimum absolute atomic E-state index is 0.0786. The average molecular weight is 404 g/mol. The lowest BCUT2D eigenvalue weighted by Gasteiger charge is -2.05. The summed E-state index contributed by atoms with van der Waals surface area (Å²) in [4.78, 5) is 32.8. The first-order valence-corrected chi connectivity index (χ1v) is 9.66. The van der Waals surface area contributed by atoms with E-state index in [-0.39, 0.29) is 24.0 Å². The molecule has 4 aromatic rings. The molecule has 29 heavy (non-hydrogen) atoms. The predicted octanol–water partition coefficient (Wildman–Crippen LogP) is 4.23. The molecule has 0 saturated carbocycles. The minimum atomic E-state index is -0.386. The Balaban J connectivity index is 1.33. The zero-order chi connectivity index (χ0) is 20.1. The molecule has 0 fully saturated rings. The van der Waals surface area contributed by atoms with Crippen LogP contribution in [0.25, 0.3) is 11.1 Å². The summed E-state index contributed by atoms with van der Waals surface area (Å²) >= 11 is 1.24. The lowest BCUT2D eigenvalue weighted by Crippen LogP contribution is -2.15. The van der Waals surface area contributed by atoms with Crippen molar-refractivity contribution in [3.8, 4) is 11.1 Å². The maximum absolute atomic E-state index is 12.3. The number of thiazole rings is 1. The number of nitrogens with one attached hydrogen (secondary N) is 2. The van der Waals surface area contributed by atoms with E-state index in [1.54, 1.807) is 29.8 Å². The molecular weight excluding hydrogens is 388 g/mol. The number of carbonyl (C=O) groups excluding carboxylic acids is 2. The van der Waals surface area contributed by atoms with Crippen molar-refractivity contribution in [3.63, 3.8) is 0 Å². The van der Waals surface area contributed by atoms with E-state index in [4.69, 9.17) is 4.42 Å². The summed E-state index contributed by atoms with van der Waals surface area (Å²) in [6.07, 6.45) is 3.22. The molecule has 3 aromatic heterocycles. The third-order valence-electron chi connectivity index (χ3n) is 4.00. The summed E-state index contributed by atoms with van der Waals surface area (Å²) < 4.78 is 5.04. The maximum atomic E-state index is 12.3. The average Bonchev–Trinajstić information content (AvgIpc) is 3.42. The molecule has 0 aliphatic rings. The Hall–Kier alpha value is -3.78. The zero-order valence-corrected chi connectivity index (χ0v) is 16.0. The molecule has 1 aromatic carbocycles. The molecule has 0 bridgehead atoms. The van der Waals surface area contributed by atoms with Crippen molar-refractivity contribution in [3.05, 3.63) is 83.9 Å². The Morgan fingerprint density at radius 1 is 0.966 bits per heavy atom. The Morgan fingerprint density at radius 2 is 1.83 bits per heavy atom. The van der Waals surface area contributed by atoms with Crippen LogP contribution < -0.4 is 10.6 Å². The second-order valence-electron chi connectivity index (χ2n) is 6.10. The zero-order valence-electron chi connectivity index (χ0n) is 15.2. The minimum Gasteiger partial charge on any atom is -0.459 e. The van der Waals surface area contributed by atoms with Gasteiger partial charge in [-0.3, -0.25) is 14.9 Å². The fourth-order valence-electron chi connectivity index (χ4n) is 2.63. The van der Waals surface area contributed by atoms with Crippen LogP contribution in [0.4, 0.5) is 10.9 Å². The molecule has 0 aliphatic heterocycles. The van der Waals surface area contributed by atoms with Crippen LogP contribution in [0.2, 0.25) is 0 Å². The van der Waals surface area contributed by atoms with Crippen LogP contribution in [0.15, 0.2) is 76.9 Å². The van der Waals surface area contributed by atoms with Crippen LogP contribution >= 0.6 is 11.3 Å². The van der Waals surface area contributed by atoms with E-state index >= 15 is 0 Å². The van der Waals surface area contributed by atoms with Gasteiger partial charge < -0.3 is 9.73 Å². The smallest absolute Gasteiger partial charge is 0.293 e. The Labute approximate surface area is 170 Å². The fourth-order valence-corrected chi connectivity index (χ4v) is 3.34. The third kappa shape index (κ3) is 4.74. The second-order valence-corrected chi connectivity index (χ2v) is 6.96. The monoisotopic (exact) mass is 404 g/mol. The first-order chi connectivity index (χ1) is 14.2. The van der Waals surface area contributed by atoms with Gasteiger partial charge in [0, 0.05) is 17.1 Å². The summed E-state index contributed by atoms with van der Waals surface area (Å²) in [5, 5.41) is 7.52. The lowest BCUT2D eigenvalue weighted by atomic mass is 10.1. The van der Waals surface area contributed by atoms with Crippen molar-refractivity contribution < 1.29 is 14.0 Å². The first-order valence-electron chi connectivity index (χ1n) is 8.78. The molecule has 0 saturated heterocycles. The van der Waals surface area contributed by atoms with Crippen molar-refractivity contribution in [2.75, 3.05) is 10.6 Å². The van der Waals surface area contributed by atoms with E-state index < -0.39 is 0 Å². The van der Waals surface area contributed by atoms with Gasteiger partial charge >= 0.3 is 0 Å². The van der Waals surface area contributed by atoms with Crippen LogP contribution in [0.5, 0.6) is 0 Å². The number of furan rings is 1. The quantitative estimate of drug-likeness (QED) is 0.501. The van der Waals surface area contributed by atoms with E-state index in [1.165, 1.54) is 17.6 Å². The van der Waals surface area contributed by atoms with Crippen LogP contribution in [-0.2, 0) is 11.2 Å². The van der Waals surface area contributed by atoms with Gasteiger partial charge in [-0.15, -0.1) is 11.3 Å². The van der Waals surface area contributed by atoms with Gasteiger partial charge in [-0.05, 0) is 29.8 Å². The maximum Gasteiger partial charge on any atom is 0.293 e. The lowest BCUT2D eigenvalue weighted by molar-refractivity contribution is -0.115. The number of anilines is 2. The predicted molar refractivity (Wildman–Crippen MR) is 111 cm³/mol. The number of hydrogen-bond acceptors (Lipinski definition) is 6. The highest BCUT2D eigenvalue weighted by Gasteiger charge is 2.13. The summed E-state index contributed by atoms with van der Waals surface area (Å²) in [6.45, 7) is 0. The second kappa shape index (κ2) is 8.49. The van der Waals surface area contributed by atoms with Crippen molar-refractivity contribution in [1.29, 1.82) is 0 Å². The number of hydrogen-bond donors (Lipinski definition) is 2. The van der Waals surface area contributed by atoms with Crippen LogP contribution in [0, 0.1) is 0 Å². The number of aromatic nitrogens is 2. The van der Waals surface area contributed by atoms with Gasteiger partial charge in [0.2, 0.25) is 5.91 Å². The molecule has 4 rings (SSSR count). The number of pyridine rings is 1. The van der Waals surface area contributed by atoms with Crippen LogP contribution in [0.1, 0.15) is 16.2 Å². The summed E-state index contributed by atoms with van der Waals surface area (Å²) in [5.41, 5.74) is 2.59. The van der Waals surface area contributed by atoms with Crippen molar-refractivity contribution in [2.45, 2.75) is 6.42 Å². The summed E-state index contributed by atoms with van der Waals surface area (Å²) in [6, 6.07) is 16.7. The number of benzene rings is 1. The summed E-state index contributed by atoms with van der Waals surface area (Å²) in [5.74, 6) is 0.0444. The highest BCUT2D eigenvalue weighted by Crippen LogP contribution is 2.20. The molecule has 2 amide bonds. The Kier molecular flexibility index (Phi) is 5.44. The van der Waals surface area contributed by atoms with Gasteiger partial charge in [-0.25, -0.2) is 9.97 Å². The van der Waals surface area contributed by atoms with E-state index in [1.807, 2.05) is 36.4 Å². The van der Waals surface area contributed by atoms with E-state index in [2.05, 4.69) is 20.6 Å². The van der Waals surface area contributed by atoms with Gasteiger partial charge in [-0.1, -0.05) is 30.3 Å².